The van der Waals surface area contributed by atoms with Crippen molar-refractivity contribution >= 4 is 40.7 Å². The largest absolute Gasteiger partial charge is 0 e. The Bertz CT molecular complexity index is 1570. The number of nitrogens with one attached hydrogen (secondary N) is 1. The normalized spacial score (nSPS) is 13.0. The van der Waals surface area contributed by atoms with Gasteiger partial charge < -0.3 is 20.3 Å². The van der Waals surface area contributed by atoms with E-state index in [9.17, 15) is 19.6 Å². The van der Waals surface area contributed by atoms with E-state index >= 15 is 0 Å². The number of likely N-dealkylation sites (tertiary alicyclic amines) is 1. The molecule has 0 unspecified atom stereocenters. The molecule has 49 heavy (non-hydrogen) atoms. The van der Waals surface area contributed by atoms with Gasteiger partial charge in [-0.2, -0.15) is 0 Å². The fourth-order valence-electron chi connectivity index (χ4n) is 5.64. The number of amides is 2. The minimum absolute atomic E-state index is 0. The Hall–Kier alpha value is -3.97. The molecule has 1 aliphatic heterocycles. The molecule has 0 bridgehead atoms. The summed E-state index contributed by atoms with van der Waals surface area (Å²) >= 11 is 0. The molecule has 0 saturated carbocycles. The molecular weight excluding hydrogens is 799 g/mol. The smallest absolute Gasteiger partial charge is 0 e. The molecular formula is C35H38BN5O7Re. The molecule has 1 radical (unpaired) electrons. The molecule has 12 nitrogen and oxygen atoms in total. The number of aromatic nitrogens is 2. The molecule has 2 aromatic carbocycles. The topological polar surface area (TPSA) is 179 Å². The molecule has 3 heterocycles. The number of pyridine rings is 2. The molecule has 0 aliphatic carbocycles. The van der Waals surface area contributed by atoms with Crippen LogP contribution in [0.4, 0.5) is 0 Å². The van der Waals surface area contributed by atoms with E-state index in [0.717, 1.165) is 65.4 Å². The summed E-state index contributed by atoms with van der Waals surface area (Å²) < 4.78 is 22.5. The summed E-state index contributed by atoms with van der Waals surface area (Å²) in [6.45, 7) is 16.1. The predicted molar refractivity (Wildman–Crippen MR) is 176 cm³/mol. The van der Waals surface area contributed by atoms with E-state index < -0.39 is 13.1 Å². The van der Waals surface area contributed by atoms with E-state index in [1.165, 1.54) is 4.90 Å². The van der Waals surface area contributed by atoms with Crippen LogP contribution in [0.2, 0.25) is 0 Å². The number of carbonyl (C=O) groups excluding carboxylic acids is 2. The van der Waals surface area contributed by atoms with Crippen molar-refractivity contribution < 1.29 is 54.0 Å². The minimum atomic E-state index is -1.55. The summed E-state index contributed by atoms with van der Waals surface area (Å²) in [7, 11) is -1.55. The number of carbonyl (C=O) groups is 2. The van der Waals surface area contributed by atoms with Crippen molar-refractivity contribution in [3.8, 4) is 0 Å². The maximum absolute atomic E-state index is 12.4. The van der Waals surface area contributed by atoms with Crippen LogP contribution in [-0.2, 0) is 57.1 Å². The molecule has 3 N–H and O–H groups in total. The van der Waals surface area contributed by atoms with Crippen LogP contribution in [0, 0.1) is 20.0 Å². The first-order chi connectivity index (χ1) is 23.5. The second-order valence-electron chi connectivity index (χ2n) is 11.0. The fraction of sp³-hybridized carbons (Fsp3) is 0.343. The van der Waals surface area contributed by atoms with Gasteiger partial charge in [-0.05, 0) is 56.5 Å². The van der Waals surface area contributed by atoms with E-state index in [-0.39, 0.29) is 38.8 Å². The number of nitrogens with zero attached hydrogens (tertiary/aromatic N) is 4. The number of rotatable bonds is 13. The summed E-state index contributed by atoms with van der Waals surface area (Å²) in [5, 5.41) is 23.9. The number of benzene rings is 2. The number of hydrogen-bond donors (Lipinski definition) is 3. The quantitative estimate of drug-likeness (QED) is 0.0801. The summed E-state index contributed by atoms with van der Waals surface area (Å²) in [4.78, 5) is 38.4. The number of para-hydroxylation sites is 2. The molecule has 1 atom stereocenters. The zero-order valence-corrected chi connectivity index (χ0v) is 29.7. The van der Waals surface area contributed by atoms with E-state index in [4.69, 9.17) is 23.9 Å². The third-order valence-electron chi connectivity index (χ3n) is 7.86. The van der Waals surface area contributed by atoms with Crippen molar-refractivity contribution in [3.05, 3.63) is 104 Å². The summed E-state index contributed by atoms with van der Waals surface area (Å²) in [5.74, 6) is -1.03. The van der Waals surface area contributed by atoms with Crippen molar-refractivity contribution in [1.82, 2.24) is 25.1 Å². The average molecular weight is 838 g/mol. The molecule has 1 aliphatic rings. The van der Waals surface area contributed by atoms with Crippen molar-refractivity contribution in [2.24, 2.45) is 0 Å². The number of hydrogen-bond acceptors (Lipinski definition) is 7. The Morgan fingerprint density at radius 1 is 0.816 bits per heavy atom. The Morgan fingerprint density at radius 2 is 1.35 bits per heavy atom. The molecule has 4 aromatic rings. The van der Waals surface area contributed by atoms with Gasteiger partial charge in [0.05, 0.1) is 34.9 Å². The third kappa shape index (κ3) is 13.8. The number of unbranched alkanes of at least 4 members (excludes halogenated alkanes) is 2. The predicted octanol–water partition coefficient (Wildman–Crippen LogP) is 3.35. The van der Waals surface area contributed by atoms with Crippen LogP contribution in [0.1, 0.15) is 49.9 Å². The van der Waals surface area contributed by atoms with Gasteiger partial charge in [-0.25, -0.2) is 0 Å². The van der Waals surface area contributed by atoms with E-state index in [0.29, 0.717) is 32.5 Å². The van der Waals surface area contributed by atoms with Gasteiger partial charge in [-0.3, -0.25) is 24.5 Å². The first-order valence-electron chi connectivity index (χ1n) is 15.4. The Kier molecular flexibility index (Phi) is 21.3. The minimum Gasteiger partial charge on any atom is 0 e. The zero-order valence-electron chi connectivity index (χ0n) is 27.0. The van der Waals surface area contributed by atoms with Crippen molar-refractivity contribution in [2.75, 3.05) is 19.6 Å². The van der Waals surface area contributed by atoms with Gasteiger partial charge in [-0.15, -0.1) is 0 Å². The van der Waals surface area contributed by atoms with E-state index in [1.54, 1.807) is 0 Å². The van der Waals surface area contributed by atoms with Crippen LogP contribution in [0.25, 0.3) is 21.8 Å². The Balaban J connectivity index is 0.00000163. The van der Waals surface area contributed by atoms with E-state index in [2.05, 4.69) is 66.6 Å². The Labute approximate surface area is 300 Å². The average Bonchev–Trinajstić information content (AvgIpc) is 3.64. The van der Waals surface area contributed by atoms with Crippen LogP contribution >= 0.6 is 0 Å². The van der Waals surface area contributed by atoms with Crippen LogP contribution in [0.5, 0.6) is 0 Å². The van der Waals surface area contributed by atoms with Gasteiger partial charge in [0.15, 0.2) is 0 Å². The van der Waals surface area contributed by atoms with Gasteiger partial charge in [0.2, 0.25) is 11.8 Å². The van der Waals surface area contributed by atoms with Crippen LogP contribution in [0.15, 0.2) is 72.8 Å². The Morgan fingerprint density at radius 3 is 1.88 bits per heavy atom. The van der Waals surface area contributed by atoms with Crippen molar-refractivity contribution in [1.29, 1.82) is 0 Å². The summed E-state index contributed by atoms with van der Waals surface area (Å²) in [6.07, 6.45) is 4.14. The molecule has 5 rings (SSSR count). The first-order valence-corrected chi connectivity index (χ1v) is 15.4. The van der Waals surface area contributed by atoms with Gasteiger partial charge >= 0.3 is 41.0 Å². The standard InChI is InChI=1S/C32H38BN5O4.3CO.Re/c39-31(34-21-32(40)38-20-8-13-30(38)33(41)42)14-2-1-7-19-37(22-26-17-15-24-9-3-5-11-28(24)35-26)23-27-18-16-25-10-4-6-12-29(25)36-27;3*1-2;/h3-6,9-12,15-18,30,41-42H,1-2,7-8,13-14,19-23H2,(H,34,39);;;;/t30-;;;;/m0..../s1. The molecule has 0 spiro atoms. The fourth-order valence-corrected chi connectivity index (χ4v) is 5.64. The van der Waals surface area contributed by atoms with Gasteiger partial charge in [-0.1, -0.05) is 55.0 Å². The summed E-state index contributed by atoms with van der Waals surface area (Å²) in [5.41, 5.74) is 3.98. The van der Waals surface area contributed by atoms with Crippen molar-refractivity contribution in [2.45, 2.75) is 57.6 Å². The third-order valence-corrected chi connectivity index (χ3v) is 7.86. The molecule has 1 fully saturated rings. The van der Waals surface area contributed by atoms with Gasteiger partial charge in [0, 0.05) is 57.3 Å². The van der Waals surface area contributed by atoms with Crippen LogP contribution in [-0.4, -0.2) is 74.3 Å². The maximum Gasteiger partial charge on any atom is 0 e. The van der Waals surface area contributed by atoms with Crippen molar-refractivity contribution in [3.63, 3.8) is 0 Å². The zero-order chi connectivity index (χ0) is 35.3. The number of fused-ring (bicyclic) bond motifs is 2. The first kappa shape index (κ1) is 43.0. The second-order valence-corrected chi connectivity index (χ2v) is 11.0. The molecule has 2 amide bonds. The SMILES string of the molecule is O=C(CCCCCN(Cc1ccc2ccccc2n1)Cc1ccc2ccccc2n1)NCC(=O)N1CCC[C@H]1B(O)O.[C-]#[O+].[C-]#[O+].[C-]#[O+].[Re]. The maximum atomic E-state index is 12.4. The second kappa shape index (κ2) is 24.2. The summed E-state index contributed by atoms with van der Waals surface area (Å²) in [6, 6.07) is 24.6. The van der Waals surface area contributed by atoms with Crippen LogP contribution < -0.4 is 5.32 Å². The molecule has 1 saturated heterocycles. The molecule has 14 heteroatoms. The van der Waals surface area contributed by atoms with Gasteiger partial charge in [0.1, 0.15) is 0 Å². The van der Waals surface area contributed by atoms with E-state index in [1.807, 2.05) is 36.4 Å². The van der Waals surface area contributed by atoms with Crippen LogP contribution in [0.3, 0.4) is 0 Å². The molecule has 255 valence electrons. The monoisotopic (exact) mass is 838 g/mol. The van der Waals surface area contributed by atoms with Gasteiger partial charge in [0.25, 0.3) is 0 Å². The molecule has 2 aromatic heterocycles.